The Bertz CT molecular complexity index is 1870. The van der Waals surface area contributed by atoms with E-state index in [0.717, 1.165) is 49.6 Å². The Kier molecular flexibility index (Phi) is 6.88. The number of benzene rings is 3. The molecule has 0 atom stereocenters. The fourth-order valence-corrected chi connectivity index (χ4v) is 5.93. The van der Waals surface area contributed by atoms with Crippen molar-refractivity contribution in [3.8, 4) is 33.8 Å². The Labute approximate surface area is 241 Å². The van der Waals surface area contributed by atoms with Crippen LogP contribution in [0, 0.1) is 6.92 Å². The van der Waals surface area contributed by atoms with Crippen LogP contribution in [-0.4, -0.2) is 52.3 Å². The van der Waals surface area contributed by atoms with Gasteiger partial charge in [-0.1, -0.05) is 35.5 Å². The van der Waals surface area contributed by atoms with Crippen molar-refractivity contribution in [3.63, 3.8) is 0 Å². The number of aromatic nitrogens is 5. The average Bonchev–Trinajstić information content (AvgIpc) is 3.74. The molecule has 5 aromatic rings. The largest absolute Gasteiger partial charge is 0.434 e. The highest BCUT2D eigenvalue weighted by atomic mass is 32.2. The topological polar surface area (TPSA) is 85.9 Å². The van der Waals surface area contributed by atoms with Gasteiger partial charge in [0.1, 0.15) is 5.82 Å². The van der Waals surface area contributed by atoms with Gasteiger partial charge in [0.15, 0.2) is 15.5 Å². The summed E-state index contributed by atoms with van der Waals surface area (Å²) >= 11 is 0. The summed E-state index contributed by atoms with van der Waals surface area (Å²) in [5, 5.41) is 8.47. The Balaban J connectivity index is 1.51. The third-order valence-electron chi connectivity index (χ3n) is 7.41. The fourth-order valence-electron chi connectivity index (χ4n) is 5.26. The summed E-state index contributed by atoms with van der Waals surface area (Å²) in [7, 11) is -3.46. The molecule has 216 valence electrons. The monoisotopic (exact) mass is 592 g/mol. The van der Waals surface area contributed by atoms with E-state index in [0.29, 0.717) is 28.2 Å². The predicted octanol–water partition coefficient (Wildman–Crippen LogP) is 6.12. The van der Waals surface area contributed by atoms with Crippen LogP contribution in [0.15, 0.2) is 84.0 Å². The van der Waals surface area contributed by atoms with Gasteiger partial charge in [-0.3, -0.25) is 0 Å². The third kappa shape index (κ3) is 5.29. The first-order valence-corrected chi connectivity index (χ1v) is 15.2. The molecule has 0 N–H and O–H groups in total. The lowest BCUT2D eigenvalue weighted by atomic mass is 10.0. The van der Waals surface area contributed by atoms with E-state index >= 15 is 0 Å². The molecule has 0 spiro atoms. The number of nitrogens with zero attached hydrogens (tertiary/aromatic N) is 6. The number of anilines is 1. The van der Waals surface area contributed by atoms with Crippen LogP contribution in [0.25, 0.3) is 33.8 Å². The second kappa shape index (κ2) is 10.4. The Morgan fingerprint density at radius 2 is 1.55 bits per heavy atom. The molecule has 3 heterocycles. The molecule has 0 aliphatic carbocycles. The van der Waals surface area contributed by atoms with Crippen LogP contribution in [0.4, 0.5) is 18.9 Å². The molecule has 0 amide bonds. The maximum atomic E-state index is 13.6. The van der Waals surface area contributed by atoms with Crippen LogP contribution in [0.3, 0.4) is 0 Å². The second-order valence-electron chi connectivity index (χ2n) is 10.3. The molecule has 3 aromatic carbocycles. The van der Waals surface area contributed by atoms with Crippen LogP contribution in [0.1, 0.15) is 24.4 Å². The molecule has 0 bridgehead atoms. The van der Waals surface area contributed by atoms with Crippen molar-refractivity contribution in [1.29, 1.82) is 0 Å². The van der Waals surface area contributed by atoms with Crippen molar-refractivity contribution in [2.75, 3.05) is 24.2 Å². The molecule has 0 radical (unpaired) electrons. The zero-order valence-corrected chi connectivity index (χ0v) is 23.7. The van der Waals surface area contributed by atoms with Crippen LogP contribution in [0.2, 0.25) is 0 Å². The van der Waals surface area contributed by atoms with E-state index in [4.69, 9.17) is 0 Å². The van der Waals surface area contributed by atoms with Gasteiger partial charge in [0.25, 0.3) is 0 Å². The zero-order valence-electron chi connectivity index (χ0n) is 22.9. The van der Waals surface area contributed by atoms with Gasteiger partial charge >= 0.3 is 6.18 Å². The van der Waals surface area contributed by atoms with E-state index in [2.05, 4.69) is 20.2 Å². The molecule has 0 saturated carbocycles. The number of sulfone groups is 1. The number of rotatable bonds is 6. The average molecular weight is 593 g/mol. The smallest absolute Gasteiger partial charge is 0.372 e. The molecule has 1 fully saturated rings. The van der Waals surface area contributed by atoms with E-state index in [-0.39, 0.29) is 10.7 Å². The first kappa shape index (κ1) is 27.7. The fraction of sp³-hybridized carbons (Fsp3) is 0.233. The number of halogens is 3. The van der Waals surface area contributed by atoms with Crippen molar-refractivity contribution in [2.45, 2.75) is 30.8 Å². The standard InChI is InChI=1S/C30H27F3N6O2S/c1-20-35-29(30(31,32)33)19-38(20)26-13-10-23(22-6-5-7-25(16-22)42(2,40)41)17-27(26)39-28(18-34-36-39)21-8-11-24(12-9-21)37-14-3-4-15-37/h5-13,16-19H,3-4,14-15H2,1-2H3. The Morgan fingerprint density at radius 1 is 0.857 bits per heavy atom. The lowest BCUT2D eigenvalue weighted by Crippen LogP contribution is -2.17. The highest BCUT2D eigenvalue weighted by Gasteiger charge is 2.34. The van der Waals surface area contributed by atoms with Gasteiger partial charge < -0.3 is 9.47 Å². The number of hydrogen-bond donors (Lipinski definition) is 0. The Hall–Kier alpha value is -4.45. The number of hydrogen-bond acceptors (Lipinski definition) is 6. The molecule has 42 heavy (non-hydrogen) atoms. The van der Waals surface area contributed by atoms with E-state index in [1.807, 2.05) is 24.3 Å². The van der Waals surface area contributed by atoms with Gasteiger partial charge in [-0.25, -0.2) is 18.1 Å². The van der Waals surface area contributed by atoms with E-state index < -0.39 is 21.7 Å². The lowest BCUT2D eigenvalue weighted by Gasteiger charge is -2.18. The van der Waals surface area contributed by atoms with Crippen molar-refractivity contribution in [2.24, 2.45) is 0 Å². The summed E-state index contributed by atoms with van der Waals surface area (Å²) < 4.78 is 68.1. The minimum Gasteiger partial charge on any atom is -0.372 e. The summed E-state index contributed by atoms with van der Waals surface area (Å²) in [6, 6.07) is 19.7. The summed E-state index contributed by atoms with van der Waals surface area (Å²) in [5.74, 6) is 0.145. The molecule has 0 unspecified atom stereocenters. The van der Waals surface area contributed by atoms with E-state index in [1.54, 1.807) is 47.3 Å². The van der Waals surface area contributed by atoms with Crippen molar-refractivity contribution in [1.82, 2.24) is 24.5 Å². The minimum atomic E-state index is -4.61. The van der Waals surface area contributed by atoms with Gasteiger partial charge in [0, 0.05) is 36.8 Å². The number of imidazole rings is 1. The van der Waals surface area contributed by atoms with Gasteiger partial charge in [0.2, 0.25) is 0 Å². The lowest BCUT2D eigenvalue weighted by molar-refractivity contribution is -0.141. The highest BCUT2D eigenvalue weighted by Crippen LogP contribution is 2.34. The molecule has 2 aromatic heterocycles. The van der Waals surface area contributed by atoms with Crippen LogP contribution >= 0.6 is 0 Å². The quantitative estimate of drug-likeness (QED) is 0.236. The minimum absolute atomic E-state index is 0.145. The maximum absolute atomic E-state index is 13.6. The summed E-state index contributed by atoms with van der Waals surface area (Å²) in [6.45, 7) is 3.53. The highest BCUT2D eigenvalue weighted by molar-refractivity contribution is 7.90. The van der Waals surface area contributed by atoms with Crippen molar-refractivity contribution < 1.29 is 21.6 Å². The van der Waals surface area contributed by atoms with Crippen molar-refractivity contribution in [3.05, 3.63) is 90.6 Å². The molecule has 1 aliphatic heterocycles. The third-order valence-corrected chi connectivity index (χ3v) is 8.53. The number of alkyl halides is 3. The molecule has 12 heteroatoms. The van der Waals surface area contributed by atoms with Gasteiger partial charge in [-0.05, 0) is 67.3 Å². The van der Waals surface area contributed by atoms with E-state index in [1.165, 1.54) is 17.6 Å². The first-order valence-electron chi connectivity index (χ1n) is 13.3. The van der Waals surface area contributed by atoms with Crippen LogP contribution < -0.4 is 4.90 Å². The summed E-state index contributed by atoms with van der Waals surface area (Å²) in [6.07, 6.45) is 1.41. The Morgan fingerprint density at radius 3 is 2.21 bits per heavy atom. The maximum Gasteiger partial charge on any atom is 0.434 e. The molecule has 1 saturated heterocycles. The summed E-state index contributed by atoms with van der Waals surface area (Å²) in [5.41, 5.74) is 3.71. The second-order valence-corrected chi connectivity index (χ2v) is 12.3. The molecule has 8 nitrogen and oxygen atoms in total. The van der Waals surface area contributed by atoms with Gasteiger partial charge in [-0.15, -0.1) is 5.10 Å². The van der Waals surface area contributed by atoms with Gasteiger partial charge in [0.05, 0.1) is 28.2 Å². The number of aryl methyl sites for hydroxylation is 1. The SMILES string of the molecule is Cc1nc(C(F)(F)F)cn1-c1ccc(-c2cccc(S(C)(=O)=O)c2)cc1-n1nncc1-c1ccc(N2CCCC2)cc1. The molecular weight excluding hydrogens is 565 g/mol. The predicted molar refractivity (Wildman–Crippen MR) is 154 cm³/mol. The van der Waals surface area contributed by atoms with E-state index in [9.17, 15) is 21.6 Å². The summed E-state index contributed by atoms with van der Waals surface area (Å²) in [4.78, 5) is 6.23. The van der Waals surface area contributed by atoms with Crippen LogP contribution in [-0.2, 0) is 16.0 Å². The molecular formula is C30H27F3N6O2S. The van der Waals surface area contributed by atoms with Crippen LogP contribution in [0.5, 0.6) is 0 Å². The van der Waals surface area contributed by atoms with Gasteiger partial charge in [-0.2, -0.15) is 13.2 Å². The zero-order chi connectivity index (χ0) is 29.6. The van der Waals surface area contributed by atoms with Crippen molar-refractivity contribution >= 4 is 15.5 Å². The first-order chi connectivity index (χ1) is 20.0. The molecule has 6 rings (SSSR count). The molecule has 1 aliphatic rings. The normalized spacial score (nSPS) is 14.1.